The molecule has 2 atom stereocenters. The number of aryl methyl sites for hydroxylation is 2. The third-order valence-corrected chi connectivity index (χ3v) is 4.98. The topological polar surface area (TPSA) is 12.4 Å². The van der Waals surface area contributed by atoms with E-state index in [0.717, 1.165) is 0 Å². The SMILES string of the molecule is CC1=N[C@@]2(C)CCCC[C@H]2c2c(C)ccc(C)c21. The van der Waals surface area contributed by atoms with Gasteiger partial charge >= 0.3 is 0 Å². The van der Waals surface area contributed by atoms with Crippen LogP contribution in [0.1, 0.15) is 67.7 Å². The molecule has 1 fully saturated rings. The van der Waals surface area contributed by atoms with Crippen molar-refractivity contribution in [2.45, 2.75) is 64.8 Å². The molecule has 1 nitrogen and oxygen atoms in total. The Bertz CT molecular complexity index is 527. The Hall–Kier alpha value is -1.11. The largest absolute Gasteiger partial charge is 0.282 e. The molecule has 3 rings (SSSR count). The molecule has 0 bridgehead atoms. The van der Waals surface area contributed by atoms with Gasteiger partial charge in [-0.25, -0.2) is 0 Å². The molecule has 18 heavy (non-hydrogen) atoms. The number of fused-ring (bicyclic) bond motifs is 3. The standard InChI is InChI=1S/C17H23N/c1-11-8-9-12(2)16-14-7-5-6-10-17(14,4)18-13(3)15(11)16/h8-9,14H,5-7,10H2,1-4H3/t14-,17-/m0/s1. The molecular weight excluding hydrogens is 218 g/mol. The van der Waals surface area contributed by atoms with Crippen LogP contribution in [-0.2, 0) is 0 Å². The summed E-state index contributed by atoms with van der Waals surface area (Å²) in [4.78, 5) is 5.10. The second-order valence-corrected chi connectivity index (χ2v) is 6.34. The van der Waals surface area contributed by atoms with Gasteiger partial charge in [-0.1, -0.05) is 25.0 Å². The minimum atomic E-state index is 0.161. The Morgan fingerprint density at radius 1 is 1.11 bits per heavy atom. The predicted octanol–water partition coefficient (Wildman–Crippen LogP) is 4.54. The van der Waals surface area contributed by atoms with E-state index < -0.39 is 0 Å². The lowest BCUT2D eigenvalue weighted by Gasteiger charge is -2.44. The molecular formula is C17H23N. The van der Waals surface area contributed by atoms with E-state index in [1.807, 2.05) is 0 Å². The fourth-order valence-corrected chi connectivity index (χ4v) is 4.11. The molecule has 0 amide bonds. The molecule has 1 aromatic carbocycles. The van der Waals surface area contributed by atoms with E-state index >= 15 is 0 Å². The van der Waals surface area contributed by atoms with Crippen molar-refractivity contribution in [3.05, 3.63) is 34.4 Å². The number of hydrogen-bond acceptors (Lipinski definition) is 1. The number of rotatable bonds is 0. The normalized spacial score (nSPS) is 30.4. The minimum absolute atomic E-state index is 0.161. The molecule has 96 valence electrons. The quantitative estimate of drug-likeness (QED) is 0.632. The summed E-state index contributed by atoms with van der Waals surface area (Å²) in [6.45, 7) is 9.06. The van der Waals surface area contributed by atoms with E-state index in [0.29, 0.717) is 5.92 Å². The first-order valence-corrected chi connectivity index (χ1v) is 7.20. The van der Waals surface area contributed by atoms with Crippen molar-refractivity contribution in [1.29, 1.82) is 0 Å². The minimum Gasteiger partial charge on any atom is -0.282 e. The van der Waals surface area contributed by atoms with E-state index in [9.17, 15) is 0 Å². The zero-order valence-electron chi connectivity index (χ0n) is 12.0. The van der Waals surface area contributed by atoms with Crippen molar-refractivity contribution in [2.24, 2.45) is 4.99 Å². The number of hydrogen-bond donors (Lipinski definition) is 0. The summed E-state index contributed by atoms with van der Waals surface area (Å²) in [5, 5.41) is 0. The highest BCUT2D eigenvalue weighted by Crippen LogP contribution is 2.48. The summed E-state index contributed by atoms with van der Waals surface area (Å²) in [7, 11) is 0. The lowest BCUT2D eigenvalue weighted by atomic mass is 9.66. The van der Waals surface area contributed by atoms with Crippen molar-refractivity contribution < 1.29 is 0 Å². The third kappa shape index (κ3) is 1.56. The van der Waals surface area contributed by atoms with E-state index in [1.165, 1.54) is 48.1 Å². The average Bonchev–Trinajstić information content (AvgIpc) is 2.32. The van der Waals surface area contributed by atoms with Gasteiger partial charge in [0.1, 0.15) is 0 Å². The highest BCUT2D eigenvalue weighted by molar-refractivity contribution is 6.03. The number of aliphatic imine (C=N–C) groups is 1. The molecule has 0 N–H and O–H groups in total. The predicted molar refractivity (Wildman–Crippen MR) is 77.7 cm³/mol. The molecule has 0 unspecified atom stereocenters. The smallest absolute Gasteiger partial charge is 0.0652 e. The van der Waals surface area contributed by atoms with Crippen LogP contribution in [0.15, 0.2) is 17.1 Å². The second kappa shape index (κ2) is 3.94. The summed E-state index contributed by atoms with van der Waals surface area (Å²) >= 11 is 0. The molecule has 0 aromatic heterocycles. The van der Waals surface area contributed by atoms with Crippen molar-refractivity contribution in [1.82, 2.24) is 0 Å². The summed E-state index contributed by atoms with van der Waals surface area (Å²) in [5.74, 6) is 0.643. The summed E-state index contributed by atoms with van der Waals surface area (Å²) in [6.07, 6.45) is 5.26. The van der Waals surface area contributed by atoms with E-state index in [4.69, 9.17) is 4.99 Å². The fourth-order valence-electron chi connectivity index (χ4n) is 4.11. The molecule has 0 radical (unpaired) electrons. The van der Waals surface area contributed by atoms with Gasteiger partial charge in [0.15, 0.2) is 0 Å². The molecule has 1 aliphatic carbocycles. The third-order valence-electron chi connectivity index (χ3n) is 4.98. The highest BCUT2D eigenvalue weighted by atomic mass is 14.9. The van der Waals surface area contributed by atoms with Crippen molar-refractivity contribution >= 4 is 5.71 Å². The fraction of sp³-hybridized carbons (Fsp3) is 0.588. The van der Waals surface area contributed by atoms with Crippen LogP contribution in [0.4, 0.5) is 0 Å². The van der Waals surface area contributed by atoms with Gasteiger partial charge in [-0.05, 0) is 57.2 Å². The van der Waals surface area contributed by atoms with Gasteiger partial charge in [-0.15, -0.1) is 0 Å². The molecule has 1 aromatic rings. The Balaban J connectivity index is 2.27. The summed E-state index contributed by atoms with van der Waals surface area (Å²) < 4.78 is 0. The zero-order chi connectivity index (χ0) is 12.9. The van der Waals surface area contributed by atoms with Crippen LogP contribution in [0.5, 0.6) is 0 Å². The van der Waals surface area contributed by atoms with Crippen LogP contribution in [0, 0.1) is 13.8 Å². The first kappa shape index (κ1) is 12.0. The van der Waals surface area contributed by atoms with Gasteiger partial charge in [-0.2, -0.15) is 0 Å². The summed E-state index contributed by atoms with van der Waals surface area (Å²) in [5.41, 5.74) is 7.32. The molecule has 1 heterocycles. The van der Waals surface area contributed by atoms with E-state index in [1.54, 1.807) is 5.56 Å². The van der Waals surface area contributed by atoms with Gasteiger partial charge < -0.3 is 0 Å². The Kier molecular flexibility index (Phi) is 2.62. The molecule has 1 saturated carbocycles. The molecule has 0 spiro atoms. The van der Waals surface area contributed by atoms with Gasteiger partial charge in [0, 0.05) is 17.2 Å². The van der Waals surface area contributed by atoms with Crippen molar-refractivity contribution in [2.75, 3.05) is 0 Å². The molecule has 1 aliphatic heterocycles. The van der Waals surface area contributed by atoms with Crippen LogP contribution < -0.4 is 0 Å². The highest BCUT2D eigenvalue weighted by Gasteiger charge is 2.42. The monoisotopic (exact) mass is 241 g/mol. The van der Waals surface area contributed by atoms with Gasteiger partial charge in [0.2, 0.25) is 0 Å². The van der Waals surface area contributed by atoms with Crippen LogP contribution in [-0.4, -0.2) is 11.3 Å². The van der Waals surface area contributed by atoms with Crippen molar-refractivity contribution in [3.8, 4) is 0 Å². The maximum absolute atomic E-state index is 5.10. The Morgan fingerprint density at radius 3 is 2.61 bits per heavy atom. The first-order chi connectivity index (χ1) is 8.53. The van der Waals surface area contributed by atoms with E-state index in [2.05, 4.69) is 39.8 Å². The van der Waals surface area contributed by atoms with Gasteiger partial charge in [0.05, 0.1) is 5.54 Å². The van der Waals surface area contributed by atoms with Crippen LogP contribution in [0.2, 0.25) is 0 Å². The van der Waals surface area contributed by atoms with Crippen LogP contribution >= 0.6 is 0 Å². The van der Waals surface area contributed by atoms with Crippen molar-refractivity contribution in [3.63, 3.8) is 0 Å². The number of nitrogens with zero attached hydrogens (tertiary/aromatic N) is 1. The maximum atomic E-state index is 5.10. The molecule has 0 saturated heterocycles. The Labute approximate surface area is 110 Å². The number of benzene rings is 1. The molecule has 1 heteroatoms. The molecule has 2 aliphatic rings. The second-order valence-electron chi connectivity index (χ2n) is 6.34. The van der Waals surface area contributed by atoms with Crippen LogP contribution in [0.3, 0.4) is 0 Å². The maximum Gasteiger partial charge on any atom is 0.0652 e. The lowest BCUT2D eigenvalue weighted by Crippen LogP contribution is -2.39. The first-order valence-electron chi connectivity index (χ1n) is 7.20. The van der Waals surface area contributed by atoms with Gasteiger partial charge in [-0.3, -0.25) is 4.99 Å². The lowest BCUT2D eigenvalue weighted by molar-refractivity contribution is 0.272. The average molecular weight is 241 g/mol. The Morgan fingerprint density at radius 2 is 1.83 bits per heavy atom. The summed E-state index contributed by atoms with van der Waals surface area (Å²) in [6, 6.07) is 4.54. The zero-order valence-corrected chi connectivity index (χ0v) is 12.0. The van der Waals surface area contributed by atoms with E-state index in [-0.39, 0.29) is 5.54 Å². The van der Waals surface area contributed by atoms with Crippen LogP contribution in [0.25, 0.3) is 0 Å². The van der Waals surface area contributed by atoms with Gasteiger partial charge in [0.25, 0.3) is 0 Å².